The molecule has 5 nitrogen and oxygen atoms in total. The zero-order chi connectivity index (χ0) is 20.6. The molecule has 1 aliphatic carbocycles. The predicted molar refractivity (Wildman–Crippen MR) is 103 cm³/mol. The Morgan fingerprint density at radius 2 is 1.93 bits per heavy atom. The molecule has 0 bridgehead atoms. The van der Waals surface area contributed by atoms with Gasteiger partial charge in [0.15, 0.2) is 0 Å². The summed E-state index contributed by atoms with van der Waals surface area (Å²) in [6.45, 7) is 8.03. The van der Waals surface area contributed by atoms with E-state index in [1.165, 1.54) is 0 Å². The van der Waals surface area contributed by atoms with E-state index >= 15 is 0 Å². The molecule has 1 N–H and O–H groups in total. The third kappa shape index (κ3) is 4.23. The molecule has 0 aromatic carbocycles. The zero-order valence-electron chi connectivity index (χ0n) is 17.2. The Labute approximate surface area is 165 Å². The number of hydrogen-bond donors (Lipinski definition) is 1. The van der Waals surface area contributed by atoms with Gasteiger partial charge in [0.1, 0.15) is 5.69 Å². The summed E-state index contributed by atoms with van der Waals surface area (Å²) in [5.41, 5.74) is 1.59. The molecule has 156 valence electrons. The second kappa shape index (κ2) is 7.84. The first kappa shape index (κ1) is 20.8. The number of nitrogens with zero attached hydrogens (tertiary/aromatic N) is 2. The molecule has 28 heavy (non-hydrogen) atoms. The van der Waals surface area contributed by atoms with Crippen LogP contribution < -0.4 is 5.32 Å². The van der Waals surface area contributed by atoms with Crippen molar-refractivity contribution in [3.63, 3.8) is 0 Å². The van der Waals surface area contributed by atoms with Gasteiger partial charge in [-0.05, 0) is 49.1 Å². The molecule has 3 rings (SSSR count). The van der Waals surface area contributed by atoms with Crippen molar-refractivity contribution in [2.24, 2.45) is 30.2 Å². The van der Waals surface area contributed by atoms with E-state index in [0.717, 1.165) is 24.1 Å². The summed E-state index contributed by atoms with van der Waals surface area (Å²) >= 11 is 0. The average Bonchev–Trinajstić information content (AvgIpc) is 3.39. The summed E-state index contributed by atoms with van der Waals surface area (Å²) in [6.07, 6.45) is 1.55. The van der Waals surface area contributed by atoms with Gasteiger partial charge in [0.25, 0.3) is 5.91 Å². The van der Waals surface area contributed by atoms with Gasteiger partial charge < -0.3 is 14.8 Å². The Kier molecular flexibility index (Phi) is 5.82. The number of aryl methyl sites for hydroxylation is 2. The van der Waals surface area contributed by atoms with Crippen LogP contribution >= 0.6 is 0 Å². The number of nitrogens with one attached hydrogen (secondary N) is 1. The normalized spacial score (nSPS) is 23.2. The van der Waals surface area contributed by atoms with Crippen LogP contribution in [-0.4, -0.2) is 47.3 Å². The summed E-state index contributed by atoms with van der Waals surface area (Å²) in [6, 6.07) is 1.95. The van der Waals surface area contributed by atoms with Crippen molar-refractivity contribution in [1.29, 1.82) is 0 Å². The molecule has 1 saturated heterocycles. The van der Waals surface area contributed by atoms with Crippen molar-refractivity contribution >= 4 is 11.8 Å². The van der Waals surface area contributed by atoms with Crippen LogP contribution in [0.1, 0.15) is 49.2 Å². The minimum atomic E-state index is -2.40. The number of carbonyl (C=O) groups is 2. The average molecular weight is 395 g/mol. The van der Waals surface area contributed by atoms with Gasteiger partial charge >= 0.3 is 0 Å². The van der Waals surface area contributed by atoms with Crippen LogP contribution in [0.4, 0.5) is 8.78 Å². The van der Waals surface area contributed by atoms with Crippen LogP contribution in [0.15, 0.2) is 12.3 Å². The van der Waals surface area contributed by atoms with Gasteiger partial charge in [-0.15, -0.1) is 0 Å². The van der Waals surface area contributed by atoms with Gasteiger partial charge in [-0.2, -0.15) is 0 Å². The molecule has 2 heterocycles. The maximum absolute atomic E-state index is 12.8. The Morgan fingerprint density at radius 3 is 2.43 bits per heavy atom. The number of aromatic nitrogens is 1. The lowest BCUT2D eigenvalue weighted by molar-refractivity contribution is -0.123. The van der Waals surface area contributed by atoms with Crippen LogP contribution in [0.25, 0.3) is 0 Å². The van der Waals surface area contributed by atoms with Crippen LogP contribution in [0.3, 0.4) is 0 Å². The van der Waals surface area contributed by atoms with Gasteiger partial charge in [0.2, 0.25) is 12.3 Å². The summed E-state index contributed by atoms with van der Waals surface area (Å²) in [7, 11) is 1.89. The summed E-state index contributed by atoms with van der Waals surface area (Å²) in [4.78, 5) is 26.8. The Balaban J connectivity index is 1.49. The van der Waals surface area contributed by atoms with Crippen LogP contribution in [0.5, 0.6) is 0 Å². The minimum absolute atomic E-state index is 0.0707. The molecule has 1 aromatic rings. The molecule has 2 atom stereocenters. The van der Waals surface area contributed by atoms with Crippen LogP contribution in [0, 0.1) is 30.1 Å². The number of piperidine rings is 1. The lowest BCUT2D eigenvalue weighted by Crippen LogP contribution is -2.46. The number of halogens is 2. The first-order chi connectivity index (χ1) is 13.1. The Bertz CT molecular complexity index is 717. The Hall–Kier alpha value is -1.92. The van der Waals surface area contributed by atoms with Gasteiger partial charge in [-0.1, -0.05) is 13.8 Å². The van der Waals surface area contributed by atoms with E-state index in [9.17, 15) is 18.4 Å². The van der Waals surface area contributed by atoms with E-state index in [1.54, 1.807) is 0 Å². The van der Waals surface area contributed by atoms with Gasteiger partial charge in [-0.3, -0.25) is 9.59 Å². The molecule has 2 aliphatic rings. The van der Waals surface area contributed by atoms with Crippen molar-refractivity contribution < 1.29 is 18.4 Å². The van der Waals surface area contributed by atoms with E-state index in [4.69, 9.17) is 0 Å². The quantitative estimate of drug-likeness (QED) is 0.804. The second-order valence-corrected chi connectivity index (χ2v) is 9.07. The maximum Gasteiger partial charge on any atom is 0.270 e. The largest absolute Gasteiger partial charge is 0.355 e. The third-order valence-corrected chi connectivity index (χ3v) is 6.58. The zero-order valence-corrected chi connectivity index (χ0v) is 17.2. The standard InChI is InChI=1S/C21H31F2N3O2/c1-13-5-8-25(4)17(13)20(28)26-9-6-14(7-10-26)21(2,3)12-24-19(27)16-11-15(16)18(22)23/h5,8,14-16,18H,6-7,9-12H2,1-4H3,(H,24,27)/t15-,16-/m0/s1. The van der Waals surface area contributed by atoms with Gasteiger partial charge in [0.05, 0.1) is 0 Å². The summed E-state index contributed by atoms with van der Waals surface area (Å²) in [5.74, 6) is -1.09. The fourth-order valence-corrected chi connectivity index (χ4v) is 4.37. The van der Waals surface area contributed by atoms with E-state index in [2.05, 4.69) is 19.2 Å². The van der Waals surface area contributed by atoms with Gasteiger partial charge in [0, 0.05) is 44.7 Å². The Morgan fingerprint density at radius 1 is 1.29 bits per heavy atom. The number of alkyl halides is 2. The van der Waals surface area contributed by atoms with Crippen molar-refractivity contribution in [2.45, 2.75) is 46.5 Å². The van der Waals surface area contributed by atoms with Gasteiger partial charge in [-0.25, -0.2) is 8.78 Å². The smallest absolute Gasteiger partial charge is 0.270 e. The second-order valence-electron chi connectivity index (χ2n) is 9.07. The van der Waals surface area contributed by atoms with Crippen molar-refractivity contribution in [1.82, 2.24) is 14.8 Å². The lowest BCUT2D eigenvalue weighted by atomic mass is 9.73. The molecule has 1 saturated carbocycles. The number of hydrogen-bond acceptors (Lipinski definition) is 2. The SMILES string of the molecule is Cc1ccn(C)c1C(=O)N1CCC(C(C)(C)CNC(=O)[C@H]2C[C@@H]2C(F)F)CC1. The molecule has 2 amide bonds. The number of likely N-dealkylation sites (tertiary alicyclic amines) is 1. The number of rotatable bonds is 6. The molecule has 0 unspecified atom stereocenters. The fourth-order valence-electron chi connectivity index (χ4n) is 4.37. The molecule has 2 fully saturated rings. The van der Waals surface area contributed by atoms with Crippen molar-refractivity contribution in [3.05, 3.63) is 23.5 Å². The maximum atomic E-state index is 12.8. The first-order valence-electron chi connectivity index (χ1n) is 10.1. The first-order valence-corrected chi connectivity index (χ1v) is 10.1. The molecule has 1 aromatic heterocycles. The van der Waals surface area contributed by atoms with Crippen LogP contribution in [0.2, 0.25) is 0 Å². The summed E-state index contributed by atoms with van der Waals surface area (Å²) < 4.78 is 27.1. The van der Waals surface area contributed by atoms with Crippen molar-refractivity contribution in [3.8, 4) is 0 Å². The summed E-state index contributed by atoms with van der Waals surface area (Å²) in [5, 5.41) is 2.88. The highest BCUT2D eigenvalue weighted by molar-refractivity contribution is 5.94. The predicted octanol–water partition coefficient (Wildman–Crippen LogP) is 3.23. The highest BCUT2D eigenvalue weighted by Gasteiger charge is 2.49. The fraction of sp³-hybridized carbons (Fsp3) is 0.714. The van der Waals surface area contributed by atoms with Crippen LogP contribution in [-0.2, 0) is 11.8 Å². The minimum Gasteiger partial charge on any atom is -0.355 e. The number of amides is 2. The van der Waals surface area contributed by atoms with E-state index in [-0.39, 0.29) is 17.2 Å². The van der Waals surface area contributed by atoms with E-state index in [1.807, 2.05) is 35.7 Å². The molecule has 0 spiro atoms. The molecule has 7 heteroatoms. The highest BCUT2D eigenvalue weighted by Crippen LogP contribution is 2.43. The highest BCUT2D eigenvalue weighted by atomic mass is 19.3. The third-order valence-electron chi connectivity index (χ3n) is 6.58. The van der Waals surface area contributed by atoms with Crippen molar-refractivity contribution in [2.75, 3.05) is 19.6 Å². The molecule has 1 aliphatic heterocycles. The monoisotopic (exact) mass is 395 g/mol. The van der Waals surface area contributed by atoms with E-state index in [0.29, 0.717) is 32.0 Å². The number of carbonyl (C=O) groups excluding carboxylic acids is 2. The molecule has 0 radical (unpaired) electrons. The molecular formula is C21H31F2N3O2. The lowest BCUT2D eigenvalue weighted by Gasteiger charge is -2.41. The molecular weight excluding hydrogens is 364 g/mol. The topological polar surface area (TPSA) is 54.3 Å². The van der Waals surface area contributed by atoms with E-state index < -0.39 is 18.3 Å².